The van der Waals surface area contributed by atoms with Crippen LogP contribution in [0.5, 0.6) is 0 Å². The van der Waals surface area contributed by atoms with Crippen molar-refractivity contribution in [2.45, 2.75) is 19.3 Å². The van der Waals surface area contributed by atoms with Crippen molar-refractivity contribution in [1.29, 1.82) is 0 Å². The lowest BCUT2D eigenvalue weighted by atomic mass is 9.82. The van der Waals surface area contributed by atoms with Crippen LogP contribution in [0, 0.1) is 0 Å². The number of furan rings is 2. The molecule has 0 spiro atoms. The summed E-state index contributed by atoms with van der Waals surface area (Å²) in [4.78, 5) is 2.45. The van der Waals surface area contributed by atoms with E-state index >= 15 is 0 Å². The first-order valence-electron chi connectivity index (χ1n) is 22.2. The van der Waals surface area contributed by atoms with Gasteiger partial charge in [0, 0.05) is 38.0 Å². The van der Waals surface area contributed by atoms with E-state index in [1.807, 2.05) is 6.07 Å². The van der Waals surface area contributed by atoms with Crippen LogP contribution in [-0.4, -0.2) is 0 Å². The first kappa shape index (κ1) is 35.5. The maximum absolute atomic E-state index is 7.21. The summed E-state index contributed by atoms with van der Waals surface area (Å²) in [6.45, 7) is 4.71. The molecule has 13 aromatic rings. The van der Waals surface area contributed by atoms with E-state index in [-0.39, 0.29) is 5.41 Å². The number of nitrogens with zero attached hydrogens (tertiary/aromatic N) is 1. The Labute approximate surface area is 369 Å². The van der Waals surface area contributed by atoms with Gasteiger partial charge in [0.25, 0.3) is 0 Å². The van der Waals surface area contributed by atoms with Gasteiger partial charge < -0.3 is 13.7 Å². The molecule has 3 nitrogen and oxygen atoms in total. The second-order valence-electron chi connectivity index (χ2n) is 18.0. The molecule has 0 radical (unpaired) electrons. The Balaban J connectivity index is 1.12. The van der Waals surface area contributed by atoms with Crippen LogP contribution in [0.3, 0.4) is 0 Å². The fraction of sp³-hybridized carbons (Fsp3) is 0.0492. The highest BCUT2D eigenvalue weighted by atomic mass is 16.3. The van der Waals surface area contributed by atoms with Gasteiger partial charge in [0.15, 0.2) is 5.58 Å². The smallest absolute Gasteiger partial charge is 0.159 e. The Morgan fingerprint density at radius 3 is 1.75 bits per heavy atom. The summed E-state index contributed by atoms with van der Waals surface area (Å²) in [7, 11) is 0. The molecule has 300 valence electrons. The standard InChI is InChI=1S/C61H39NO2/c1-61(2)51-23-11-9-21-46(51)47-29-27-39(35-52(47)61)62(53-24-13-15-36-14-3-4-16-40(36)53)54-34-38(33-50-59-57(64-60(50)54)31-30-56-58(59)48-22-10-12-25-55(48)63-56)37-26-28-45-43-19-6-5-17-41(43)42-18-7-8-20-44(42)49(45)32-37/h3-35H,1-2H3. The average Bonchev–Trinajstić information content (AvgIpc) is 3.99. The van der Waals surface area contributed by atoms with Gasteiger partial charge in [0.1, 0.15) is 16.7 Å². The molecular weight excluding hydrogens is 779 g/mol. The van der Waals surface area contributed by atoms with E-state index in [0.29, 0.717) is 0 Å². The van der Waals surface area contributed by atoms with Crippen molar-refractivity contribution in [3.05, 3.63) is 211 Å². The minimum Gasteiger partial charge on any atom is -0.456 e. The van der Waals surface area contributed by atoms with Gasteiger partial charge in [-0.25, -0.2) is 0 Å². The number of rotatable bonds is 4. The molecule has 2 aromatic heterocycles. The van der Waals surface area contributed by atoms with Gasteiger partial charge in [0.05, 0.1) is 11.4 Å². The fourth-order valence-electron chi connectivity index (χ4n) is 11.2. The zero-order chi connectivity index (χ0) is 42.3. The summed E-state index contributed by atoms with van der Waals surface area (Å²) in [5.41, 5.74) is 13.8. The van der Waals surface area contributed by atoms with Crippen molar-refractivity contribution < 1.29 is 8.83 Å². The van der Waals surface area contributed by atoms with E-state index in [4.69, 9.17) is 8.83 Å². The lowest BCUT2D eigenvalue weighted by Crippen LogP contribution is -2.16. The number of benzene rings is 11. The van der Waals surface area contributed by atoms with E-state index in [2.05, 4.69) is 213 Å². The normalized spacial score (nSPS) is 13.3. The van der Waals surface area contributed by atoms with E-state index in [1.54, 1.807) is 0 Å². The Kier molecular flexibility index (Phi) is 7.17. The summed E-state index contributed by atoms with van der Waals surface area (Å²) in [6.07, 6.45) is 0. The van der Waals surface area contributed by atoms with Crippen LogP contribution in [-0.2, 0) is 5.41 Å². The fourth-order valence-corrected chi connectivity index (χ4v) is 11.2. The third-order valence-corrected chi connectivity index (χ3v) is 14.2. The molecule has 0 amide bonds. The first-order valence-corrected chi connectivity index (χ1v) is 22.2. The summed E-state index contributed by atoms with van der Waals surface area (Å²) in [5.74, 6) is 0. The number of hydrogen-bond acceptors (Lipinski definition) is 3. The van der Waals surface area contributed by atoms with Crippen molar-refractivity contribution in [2.75, 3.05) is 4.90 Å². The monoisotopic (exact) mass is 817 g/mol. The van der Waals surface area contributed by atoms with Gasteiger partial charge in [-0.05, 0) is 126 Å². The van der Waals surface area contributed by atoms with Crippen molar-refractivity contribution in [3.63, 3.8) is 0 Å². The molecule has 1 aliphatic carbocycles. The predicted molar refractivity (Wildman–Crippen MR) is 269 cm³/mol. The molecule has 0 saturated carbocycles. The molecule has 14 rings (SSSR count). The van der Waals surface area contributed by atoms with E-state index in [0.717, 1.165) is 77.5 Å². The van der Waals surface area contributed by atoms with Crippen LogP contribution in [0.1, 0.15) is 25.0 Å². The Bertz CT molecular complexity index is 4090. The second-order valence-corrected chi connectivity index (χ2v) is 18.0. The molecule has 0 fully saturated rings. The topological polar surface area (TPSA) is 29.5 Å². The molecule has 3 heteroatoms. The highest BCUT2D eigenvalue weighted by molar-refractivity contribution is 6.28. The average molecular weight is 818 g/mol. The van der Waals surface area contributed by atoms with Gasteiger partial charge in [-0.3, -0.25) is 0 Å². The maximum atomic E-state index is 7.21. The molecule has 0 unspecified atom stereocenters. The van der Waals surface area contributed by atoms with Gasteiger partial charge in [-0.15, -0.1) is 0 Å². The molecule has 64 heavy (non-hydrogen) atoms. The lowest BCUT2D eigenvalue weighted by Gasteiger charge is -2.29. The van der Waals surface area contributed by atoms with Gasteiger partial charge in [0.2, 0.25) is 0 Å². The SMILES string of the molecule is CC1(C)c2ccccc2-c2ccc(N(c3cccc4ccccc34)c3cc(-c4ccc5c6ccccc6c6ccccc6c5c4)cc4c3oc3ccc5oc6ccccc6c5c34)cc21. The zero-order valence-electron chi connectivity index (χ0n) is 35.3. The summed E-state index contributed by atoms with van der Waals surface area (Å²) in [6, 6.07) is 73.1. The van der Waals surface area contributed by atoms with E-state index in [9.17, 15) is 0 Å². The Morgan fingerprint density at radius 2 is 0.953 bits per heavy atom. The van der Waals surface area contributed by atoms with Gasteiger partial charge in [-0.2, -0.15) is 0 Å². The van der Waals surface area contributed by atoms with E-state index in [1.165, 1.54) is 60.0 Å². The molecule has 1 aliphatic rings. The third kappa shape index (κ3) is 4.87. The number of fused-ring (bicyclic) bond motifs is 17. The predicted octanol–water partition coefficient (Wildman–Crippen LogP) is 17.5. The molecule has 0 atom stereocenters. The number of para-hydroxylation sites is 1. The zero-order valence-corrected chi connectivity index (χ0v) is 35.3. The third-order valence-electron chi connectivity index (χ3n) is 14.2. The maximum Gasteiger partial charge on any atom is 0.159 e. The van der Waals surface area contributed by atoms with Crippen LogP contribution in [0.4, 0.5) is 17.1 Å². The van der Waals surface area contributed by atoms with Crippen LogP contribution in [0.2, 0.25) is 0 Å². The Morgan fingerprint density at radius 1 is 0.359 bits per heavy atom. The molecule has 11 aromatic carbocycles. The summed E-state index contributed by atoms with van der Waals surface area (Å²) in [5, 5.41) is 14.1. The van der Waals surface area contributed by atoms with Crippen molar-refractivity contribution in [3.8, 4) is 22.3 Å². The summed E-state index contributed by atoms with van der Waals surface area (Å²) < 4.78 is 13.7. The van der Waals surface area contributed by atoms with Crippen LogP contribution < -0.4 is 4.90 Å². The van der Waals surface area contributed by atoms with Crippen LogP contribution in [0.25, 0.3) is 109 Å². The molecule has 0 aliphatic heterocycles. The molecular formula is C61H39NO2. The highest BCUT2D eigenvalue weighted by Crippen LogP contribution is 2.53. The largest absolute Gasteiger partial charge is 0.456 e. The number of hydrogen-bond donors (Lipinski definition) is 0. The molecule has 0 saturated heterocycles. The highest BCUT2D eigenvalue weighted by Gasteiger charge is 2.36. The van der Waals surface area contributed by atoms with Crippen molar-refractivity contribution in [2.24, 2.45) is 0 Å². The Hall–Kier alpha value is -8.14. The lowest BCUT2D eigenvalue weighted by molar-refractivity contribution is 0.660. The number of anilines is 3. The van der Waals surface area contributed by atoms with Gasteiger partial charge >= 0.3 is 0 Å². The quantitative estimate of drug-likeness (QED) is 0.166. The van der Waals surface area contributed by atoms with E-state index < -0.39 is 0 Å². The minimum atomic E-state index is -0.186. The molecule has 2 heterocycles. The minimum absolute atomic E-state index is 0.186. The molecule has 0 N–H and O–H groups in total. The first-order chi connectivity index (χ1) is 31.5. The molecule has 0 bridgehead atoms. The van der Waals surface area contributed by atoms with Crippen LogP contribution in [0.15, 0.2) is 209 Å². The van der Waals surface area contributed by atoms with Crippen molar-refractivity contribution >= 4 is 104 Å². The second kappa shape index (κ2) is 12.9. The van der Waals surface area contributed by atoms with Gasteiger partial charge in [-0.1, -0.05) is 159 Å². The summed E-state index contributed by atoms with van der Waals surface area (Å²) >= 11 is 0. The van der Waals surface area contributed by atoms with Crippen LogP contribution >= 0.6 is 0 Å². The van der Waals surface area contributed by atoms with Crippen molar-refractivity contribution in [1.82, 2.24) is 0 Å².